The molecule has 5 heteroatoms. The van der Waals surface area contributed by atoms with Gasteiger partial charge in [0.25, 0.3) is 5.91 Å². The first kappa shape index (κ1) is 11.9. The Kier molecular flexibility index (Phi) is 2.62. The van der Waals surface area contributed by atoms with Gasteiger partial charge in [0.05, 0.1) is 5.69 Å². The molecule has 90 valence electrons. The van der Waals surface area contributed by atoms with E-state index in [0.29, 0.717) is 10.7 Å². The highest BCUT2D eigenvalue weighted by atomic mass is 35.5. The van der Waals surface area contributed by atoms with Crippen LogP contribution in [0.4, 0.5) is 10.5 Å². The Labute approximate surface area is 105 Å². The first-order valence-corrected chi connectivity index (χ1v) is 5.61. The van der Waals surface area contributed by atoms with Crippen molar-refractivity contribution in [2.24, 2.45) is 0 Å². The number of halogens is 1. The number of nitrogens with zero attached hydrogens (tertiary/aromatic N) is 2. The van der Waals surface area contributed by atoms with Gasteiger partial charge in [-0.25, -0.2) is 9.69 Å². The minimum Gasteiger partial charge on any atom is -0.313 e. The number of likely N-dealkylation sites (N-methyl/N-ethyl adjacent to an activating group) is 1. The van der Waals surface area contributed by atoms with Crippen LogP contribution in [0, 0.1) is 0 Å². The van der Waals surface area contributed by atoms with Gasteiger partial charge in [-0.05, 0) is 38.1 Å². The molecule has 1 heterocycles. The van der Waals surface area contributed by atoms with Crippen LogP contribution >= 0.6 is 11.6 Å². The van der Waals surface area contributed by atoms with E-state index in [0.717, 1.165) is 0 Å². The fraction of sp³-hybridized carbons (Fsp3) is 0.333. The lowest BCUT2D eigenvalue weighted by Gasteiger charge is -2.22. The molecule has 0 aromatic heterocycles. The second-order valence-electron chi connectivity index (χ2n) is 4.52. The molecule has 0 spiro atoms. The maximum absolute atomic E-state index is 12.2. The average molecular weight is 253 g/mol. The number of amides is 3. The van der Waals surface area contributed by atoms with Crippen molar-refractivity contribution in [1.29, 1.82) is 0 Å². The molecule has 0 bridgehead atoms. The second-order valence-corrected chi connectivity index (χ2v) is 4.95. The molecule has 17 heavy (non-hydrogen) atoms. The number of benzene rings is 1. The van der Waals surface area contributed by atoms with E-state index in [1.54, 1.807) is 45.2 Å². The molecule has 4 nitrogen and oxygen atoms in total. The zero-order chi connectivity index (χ0) is 12.8. The van der Waals surface area contributed by atoms with Crippen molar-refractivity contribution in [1.82, 2.24) is 4.90 Å². The molecule has 1 aromatic rings. The van der Waals surface area contributed by atoms with Crippen molar-refractivity contribution in [3.63, 3.8) is 0 Å². The lowest BCUT2D eigenvalue weighted by molar-refractivity contribution is -0.123. The molecule has 0 saturated carbocycles. The van der Waals surface area contributed by atoms with Crippen molar-refractivity contribution < 1.29 is 9.59 Å². The van der Waals surface area contributed by atoms with Crippen LogP contribution in [-0.4, -0.2) is 29.4 Å². The van der Waals surface area contributed by atoms with Gasteiger partial charge in [-0.1, -0.05) is 11.6 Å². The Balaban J connectivity index is 2.44. The summed E-state index contributed by atoms with van der Waals surface area (Å²) in [5.74, 6) is -0.229. The molecule has 1 fully saturated rings. The molecular formula is C12H13ClN2O2. The molecule has 0 N–H and O–H groups in total. The number of hydrogen-bond acceptors (Lipinski definition) is 2. The Bertz CT molecular complexity index is 482. The van der Waals surface area contributed by atoms with E-state index in [4.69, 9.17) is 11.6 Å². The van der Waals surface area contributed by atoms with E-state index >= 15 is 0 Å². The van der Waals surface area contributed by atoms with Gasteiger partial charge in [0.1, 0.15) is 5.54 Å². The first-order chi connectivity index (χ1) is 7.85. The van der Waals surface area contributed by atoms with Crippen LogP contribution in [0.5, 0.6) is 0 Å². The van der Waals surface area contributed by atoms with Crippen LogP contribution < -0.4 is 4.90 Å². The van der Waals surface area contributed by atoms with Gasteiger partial charge in [0.2, 0.25) is 0 Å². The number of imide groups is 1. The smallest absolute Gasteiger partial charge is 0.313 e. The van der Waals surface area contributed by atoms with Crippen molar-refractivity contribution >= 4 is 29.2 Å². The Morgan fingerprint density at radius 2 is 1.65 bits per heavy atom. The molecule has 0 aliphatic carbocycles. The van der Waals surface area contributed by atoms with E-state index in [9.17, 15) is 9.59 Å². The molecular weight excluding hydrogens is 240 g/mol. The van der Waals surface area contributed by atoms with Gasteiger partial charge in [-0.3, -0.25) is 4.79 Å². The van der Waals surface area contributed by atoms with Gasteiger partial charge in [-0.2, -0.15) is 0 Å². The van der Waals surface area contributed by atoms with Crippen molar-refractivity contribution in [2.45, 2.75) is 19.4 Å². The van der Waals surface area contributed by atoms with E-state index < -0.39 is 5.54 Å². The molecule has 3 amide bonds. The summed E-state index contributed by atoms with van der Waals surface area (Å²) in [6.45, 7) is 3.45. The largest absolute Gasteiger partial charge is 0.332 e. The number of rotatable bonds is 1. The number of carbonyl (C=O) groups excluding carboxylic acids is 2. The topological polar surface area (TPSA) is 40.6 Å². The predicted octanol–water partition coefficient (Wildman–Crippen LogP) is 2.52. The number of carbonyl (C=O) groups is 2. The summed E-state index contributed by atoms with van der Waals surface area (Å²) in [6.07, 6.45) is 0. The van der Waals surface area contributed by atoms with Crippen LogP contribution in [-0.2, 0) is 4.79 Å². The first-order valence-electron chi connectivity index (χ1n) is 5.23. The van der Waals surface area contributed by atoms with Crippen LogP contribution in [0.25, 0.3) is 0 Å². The van der Waals surface area contributed by atoms with Gasteiger partial charge in [-0.15, -0.1) is 0 Å². The maximum Gasteiger partial charge on any atom is 0.332 e. The molecule has 1 aliphatic rings. The summed E-state index contributed by atoms with van der Waals surface area (Å²) in [4.78, 5) is 26.8. The third kappa shape index (κ3) is 1.69. The predicted molar refractivity (Wildman–Crippen MR) is 66.2 cm³/mol. The normalized spacial score (nSPS) is 19.1. The molecule has 0 radical (unpaired) electrons. The molecule has 1 saturated heterocycles. The van der Waals surface area contributed by atoms with Gasteiger partial charge >= 0.3 is 6.03 Å². The molecule has 1 aromatic carbocycles. The quantitative estimate of drug-likeness (QED) is 0.721. The minimum absolute atomic E-state index is 0.229. The third-order valence-electron chi connectivity index (χ3n) is 3.13. The highest BCUT2D eigenvalue weighted by Gasteiger charge is 2.49. The monoisotopic (exact) mass is 252 g/mol. The van der Waals surface area contributed by atoms with Crippen molar-refractivity contribution in [2.75, 3.05) is 11.9 Å². The van der Waals surface area contributed by atoms with Crippen LogP contribution in [0.1, 0.15) is 13.8 Å². The van der Waals surface area contributed by atoms with Crippen LogP contribution in [0.15, 0.2) is 24.3 Å². The van der Waals surface area contributed by atoms with Gasteiger partial charge in [0, 0.05) is 12.1 Å². The van der Waals surface area contributed by atoms with E-state index in [1.165, 1.54) is 9.80 Å². The molecule has 0 unspecified atom stereocenters. The number of urea groups is 1. The Hall–Kier alpha value is -1.55. The van der Waals surface area contributed by atoms with E-state index in [1.807, 2.05) is 0 Å². The highest BCUT2D eigenvalue weighted by Crippen LogP contribution is 2.30. The van der Waals surface area contributed by atoms with E-state index in [2.05, 4.69) is 0 Å². The number of anilines is 1. The highest BCUT2D eigenvalue weighted by molar-refractivity contribution is 6.30. The molecule has 0 atom stereocenters. The Morgan fingerprint density at radius 1 is 1.12 bits per heavy atom. The summed E-state index contributed by atoms with van der Waals surface area (Å²) in [5, 5.41) is 0.570. The summed E-state index contributed by atoms with van der Waals surface area (Å²) in [5.41, 5.74) is -0.265. The summed E-state index contributed by atoms with van der Waals surface area (Å²) in [6, 6.07) is 6.31. The summed E-state index contributed by atoms with van der Waals surface area (Å²) >= 11 is 5.78. The number of hydrogen-bond donors (Lipinski definition) is 0. The maximum atomic E-state index is 12.2. The molecule has 2 rings (SSSR count). The minimum atomic E-state index is -0.809. The van der Waals surface area contributed by atoms with Crippen LogP contribution in [0.2, 0.25) is 5.02 Å². The lowest BCUT2D eigenvalue weighted by atomic mass is 10.1. The Morgan fingerprint density at radius 3 is 2.06 bits per heavy atom. The van der Waals surface area contributed by atoms with Gasteiger partial charge < -0.3 is 4.90 Å². The SMILES string of the molecule is CN1C(=O)N(c2ccc(Cl)cc2)C(=O)C1(C)C. The van der Waals surface area contributed by atoms with E-state index in [-0.39, 0.29) is 11.9 Å². The van der Waals surface area contributed by atoms with Gasteiger partial charge in [0.15, 0.2) is 0 Å². The second kappa shape index (κ2) is 3.74. The fourth-order valence-corrected chi connectivity index (χ4v) is 1.84. The van der Waals surface area contributed by atoms with Crippen molar-refractivity contribution in [3.05, 3.63) is 29.3 Å². The lowest BCUT2D eigenvalue weighted by Crippen LogP contribution is -2.41. The summed E-state index contributed by atoms with van der Waals surface area (Å²) < 4.78 is 0. The fourth-order valence-electron chi connectivity index (χ4n) is 1.71. The standard InChI is InChI=1S/C12H13ClN2O2/c1-12(2)10(16)15(11(17)14(12)3)9-6-4-8(13)5-7-9/h4-7H,1-3H3. The molecule has 1 aliphatic heterocycles. The zero-order valence-corrected chi connectivity index (χ0v) is 10.7. The average Bonchev–Trinajstić information content (AvgIpc) is 2.43. The zero-order valence-electron chi connectivity index (χ0n) is 9.90. The summed E-state index contributed by atoms with van der Waals surface area (Å²) in [7, 11) is 1.62. The van der Waals surface area contributed by atoms with Crippen molar-refractivity contribution in [3.8, 4) is 0 Å². The third-order valence-corrected chi connectivity index (χ3v) is 3.38. The van der Waals surface area contributed by atoms with Crippen LogP contribution in [0.3, 0.4) is 0 Å².